The number of rotatable bonds is 9. The van der Waals surface area contributed by atoms with E-state index in [1.54, 1.807) is 6.07 Å². The molecular weight excluding hydrogens is 466 g/mol. The van der Waals surface area contributed by atoms with Crippen LogP contribution >= 0.6 is 0 Å². The number of nitrogens with one attached hydrogen (secondary N) is 1. The fourth-order valence-corrected chi connectivity index (χ4v) is 5.21. The minimum absolute atomic E-state index is 0.0936. The molecule has 1 saturated carbocycles. The van der Waals surface area contributed by atoms with Gasteiger partial charge >= 0.3 is 5.97 Å². The van der Waals surface area contributed by atoms with Crippen molar-refractivity contribution in [3.63, 3.8) is 0 Å². The summed E-state index contributed by atoms with van der Waals surface area (Å²) in [5.41, 5.74) is 1.12. The molecule has 1 saturated heterocycles. The molecule has 0 spiro atoms. The van der Waals surface area contributed by atoms with Crippen molar-refractivity contribution in [2.24, 2.45) is 5.92 Å². The number of carbonyl (C=O) groups is 2. The van der Waals surface area contributed by atoms with Crippen molar-refractivity contribution in [1.82, 2.24) is 0 Å². The molecule has 1 aliphatic carbocycles. The maximum absolute atomic E-state index is 14.2. The van der Waals surface area contributed by atoms with Gasteiger partial charge in [0.15, 0.2) is 0 Å². The van der Waals surface area contributed by atoms with Crippen LogP contribution in [0.2, 0.25) is 0 Å². The van der Waals surface area contributed by atoms with Crippen LogP contribution in [-0.4, -0.2) is 42.8 Å². The van der Waals surface area contributed by atoms with Crippen molar-refractivity contribution in [1.29, 1.82) is 0 Å². The van der Waals surface area contributed by atoms with Gasteiger partial charge in [-0.15, -0.1) is 0 Å². The molecule has 1 amide bonds. The summed E-state index contributed by atoms with van der Waals surface area (Å²) < 4.78 is 33.1. The summed E-state index contributed by atoms with van der Waals surface area (Å²) in [5, 5.41) is 12.9. The summed E-state index contributed by atoms with van der Waals surface area (Å²) in [6.45, 7) is 6.33. The van der Waals surface area contributed by atoms with E-state index in [9.17, 15) is 23.5 Å². The number of carbonyl (C=O) groups excluding carboxylic acids is 1. The predicted molar refractivity (Wildman–Crippen MR) is 134 cm³/mol. The third-order valence-corrected chi connectivity index (χ3v) is 7.31. The van der Waals surface area contributed by atoms with Crippen LogP contribution in [0.4, 0.5) is 20.2 Å². The number of aliphatic carboxylic acids is 1. The number of hydrogen-bond donors (Lipinski definition) is 2. The fraction of sp³-hybridized carbons (Fsp3) is 0.500. The van der Waals surface area contributed by atoms with Crippen molar-refractivity contribution in [2.75, 3.05) is 30.0 Å². The van der Waals surface area contributed by atoms with E-state index in [2.05, 4.69) is 24.1 Å². The molecule has 2 aromatic rings. The average Bonchev–Trinajstić information content (AvgIpc) is 2.79. The number of halogens is 2. The zero-order chi connectivity index (χ0) is 25.9. The lowest BCUT2D eigenvalue weighted by molar-refractivity contribution is -0.147. The van der Waals surface area contributed by atoms with Gasteiger partial charge in [0, 0.05) is 31.9 Å². The standard InChI is InChI=1S/C28H34F2N2O4/c1-18(2)17-32(22-8-12-36-13-9-22)25-7-5-20(28(27(34)35)10-3-11-28)15-24(25)31-26(33)14-19-4-6-21(29)16-23(19)30/h4-7,15-16,18,22H,3,8-14,17H2,1-2H3,(H,31,33)(H,34,35). The SMILES string of the molecule is CC(C)CN(c1ccc(C2(C(=O)O)CCC2)cc1NC(=O)Cc1ccc(F)cc1F)C1CCOCC1. The van der Waals surface area contributed by atoms with E-state index in [4.69, 9.17) is 4.74 Å². The zero-order valence-electron chi connectivity index (χ0n) is 20.9. The number of benzene rings is 2. The monoisotopic (exact) mass is 500 g/mol. The van der Waals surface area contributed by atoms with Crippen LogP contribution in [0.25, 0.3) is 0 Å². The molecule has 36 heavy (non-hydrogen) atoms. The molecule has 0 radical (unpaired) electrons. The lowest BCUT2D eigenvalue weighted by Crippen LogP contribution is -2.43. The summed E-state index contributed by atoms with van der Waals surface area (Å²) >= 11 is 0. The van der Waals surface area contributed by atoms with Crippen LogP contribution in [0.3, 0.4) is 0 Å². The van der Waals surface area contributed by atoms with Crippen molar-refractivity contribution in [3.8, 4) is 0 Å². The Morgan fingerprint density at radius 2 is 1.86 bits per heavy atom. The molecule has 1 heterocycles. The second kappa shape index (κ2) is 10.9. The summed E-state index contributed by atoms with van der Waals surface area (Å²) in [6, 6.07) is 8.91. The highest BCUT2D eigenvalue weighted by atomic mass is 19.1. The Labute approximate surface area is 210 Å². The van der Waals surface area contributed by atoms with Gasteiger partial charge in [-0.2, -0.15) is 0 Å². The van der Waals surface area contributed by atoms with Crippen molar-refractivity contribution >= 4 is 23.3 Å². The van der Waals surface area contributed by atoms with Gasteiger partial charge in [0.2, 0.25) is 5.91 Å². The second-order valence-corrected chi connectivity index (χ2v) is 10.3. The summed E-state index contributed by atoms with van der Waals surface area (Å²) in [7, 11) is 0. The molecule has 194 valence electrons. The van der Waals surface area contributed by atoms with Crippen molar-refractivity contribution in [2.45, 2.75) is 63.8 Å². The van der Waals surface area contributed by atoms with Crippen molar-refractivity contribution < 1.29 is 28.2 Å². The van der Waals surface area contributed by atoms with Gasteiger partial charge in [0.05, 0.1) is 23.2 Å². The molecule has 6 nitrogen and oxygen atoms in total. The number of amides is 1. The Morgan fingerprint density at radius 3 is 2.44 bits per heavy atom. The van der Waals surface area contributed by atoms with Crippen LogP contribution in [0.15, 0.2) is 36.4 Å². The molecule has 1 aliphatic heterocycles. The first-order valence-electron chi connectivity index (χ1n) is 12.7. The smallest absolute Gasteiger partial charge is 0.314 e. The van der Waals surface area contributed by atoms with Gasteiger partial charge in [0.25, 0.3) is 0 Å². The first-order valence-corrected chi connectivity index (χ1v) is 12.7. The van der Waals surface area contributed by atoms with Crippen LogP contribution in [0.5, 0.6) is 0 Å². The number of carboxylic acids is 1. The van der Waals surface area contributed by atoms with E-state index in [-0.39, 0.29) is 18.0 Å². The van der Waals surface area contributed by atoms with Crippen LogP contribution in [-0.2, 0) is 26.2 Å². The van der Waals surface area contributed by atoms with E-state index in [0.717, 1.165) is 43.6 Å². The fourth-order valence-electron chi connectivity index (χ4n) is 5.21. The van der Waals surface area contributed by atoms with E-state index in [1.807, 2.05) is 12.1 Å². The van der Waals surface area contributed by atoms with Gasteiger partial charge < -0.3 is 20.1 Å². The average molecular weight is 501 g/mol. The molecule has 2 fully saturated rings. The topological polar surface area (TPSA) is 78.9 Å². The molecule has 8 heteroatoms. The number of hydrogen-bond acceptors (Lipinski definition) is 4. The predicted octanol–water partition coefficient (Wildman–Crippen LogP) is 5.29. The lowest BCUT2D eigenvalue weighted by atomic mass is 9.64. The molecule has 2 N–H and O–H groups in total. The summed E-state index contributed by atoms with van der Waals surface area (Å²) in [5.74, 6) is -2.45. The highest BCUT2D eigenvalue weighted by Crippen LogP contribution is 2.46. The number of nitrogens with zero attached hydrogens (tertiary/aromatic N) is 1. The molecule has 0 bridgehead atoms. The summed E-state index contributed by atoms with van der Waals surface area (Å²) in [4.78, 5) is 27.5. The largest absolute Gasteiger partial charge is 0.481 e. The first kappa shape index (κ1) is 26.1. The Morgan fingerprint density at radius 1 is 1.14 bits per heavy atom. The Balaban J connectivity index is 1.70. The van der Waals surface area contributed by atoms with Gasteiger partial charge in [-0.05, 0) is 60.9 Å². The third-order valence-electron chi connectivity index (χ3n) is 7.31. The summed E-state index contributed by atoms with van der Waals surface area (Å²) in [6.07, 6.45) is 3.36. The zero-order valence-corrected chi connectivity index (χ0v) is 20.9. The molecule has 0 aromatic heterocycles. The van der Waals surface area contributed by atoms with Gasteiger partial charge in [-0.3, -0.25) is 9.59 Å². The highest BCUT2D eigenvalue weighted by Gasteiger charge is 2.46. The molecule has 4 rings (SSSR count). The number of anilines is 2. The van der Waals surface area contributed by atoms with Crippen LogP contribution in [0, 0.1) is 17.6 Å². The molecule has 2 aromatic carbocycles. The third kappa shape index (κ3) is 5.53. The number of ether oxygens (including phenoxy) is 1. The molecule has 2 aliphatic rings. The minimum Gasteiger partial charge on any atom is -0.481 e. The molecule has 0 unspecified atom stereocenters. The van der Waals surface area contributed by atoms with E-state index in [0.29, 0.717) is 43.2 Å². The van der Waals surface area contributed by atoms with E-state index >= 15 is 0 Å². The van der Waals surface area contributed by atoms with E-state index < -0.39 is 28.9 Å². The minimum atomic E-state index is -0.956. The maximum atomic E-state index is 14.2. The van der Waals surface area contributed by atoms with Gasteiger partial charge in [-0.25, -0.2) is 8.78 Å². The number of carboxylic acid groups (broad SMARTS) is 1. The Bertz CT molecular complexity index is 1110. The molecule has 0 atom stereocenters. The van der Waals surface area contributed by atoms with Crippen molar-refractivity contribution in [3.05, 3.63) is 59.2 Å². The van der Waals surface area contributed by atoms with E-state index in [1.165, 1.54) is 6.07 Å². The van der Waals surface area contributed by atoms with Gasteiger partial charge in [0.1, 0.15) is 11.6 Å². The van der Waals surface area contributed by atoms with Crippen LogP contribution in [0.1, 0.15) is 57.1 Å². The maximum Gasteiger partial charge on any atom is 0.314 e. The Hall–Kier alpha value is -3.00. The second-order valence-electron chi connectivity index (χ2n) is 10.3. The quantitative estimate of drug-likeness (QED) is 0.489. The lowest BCUT2D eigenvalue weighted by Gasteiger charge is -2.40. The molecular formula is C28H34F2N2O4. The normalized spacial score (nSPS) is 17.5. The van der Waals surface area contributed by atoms with Gasteiger partial charge in [-0.1, -0.05) is 32.4 Å². The highest BCUT2D eigenvalue weighted by molar-refractivity contribution is 5.96. The first-order chi connectivity index (χ1) is 17.2. The van der Waals surface area contributed by atoms with Crippen LogP contribution < -0.4 is 10.2 Å². The Kier molecular flexibility index (Phi) is 7.93.